The molecular formula is C14H24O. The molecule has 2 aliphatic carbocycles. The van der Waals surface area contributed by atoms with E-state index in [2.05, 4.69) is 20.8 Å². The van der Waals surface area contributed by atoms with Crippen molar-refractivity contribution in [2.24, 2.45) is 29.1 Å². The molecule has 0 radical (unpaired) electrons. The lowest BCUT2D eigenvalue weighted by molar-refractivity contribution is -0.114. The predicted molar refractivity (Wildman–Crippen MR) is 62.6 cm³/mol. The van der Waals surface area contributed by atoms with Gasteiger partial charge in [0.1, 0.15) is 6.29 Å². The van der Waals surface area contributed by atoms with Crippen LogP contribution < -0.4 is 0 Å². The highest BCUT2D eigenvalue weighted by atomic mass is 16.1. The Bertz CT molecular complexity index is 248. The van der Waals surface area contributed by atoms with Gasteiger partial charge in [-0.1, -0.05) is 33.6 Å². The third-order valence-electron chi connectivity index (χ3n) is 5.39. The average Bonchev–Trinajstić information content (AvgIpc) is 2.56. The van der Waals surface area contributed by atoms with E-state index in [-0.39, 0.29) is 5.92 Å². The van der Waals surface area contributed by atoms with E-state index in [1.807, 2.05) is 0 Å². The first-order valence-corrected chi connectivity index (χ1v) is 6.55. The van der Waals surface area contributed by atoms with Gasteiger partial charge >= 0.3 is 0 Å². The fraction of sp³-hybridized carbons (Fsp3) is 0.929. The Morgan fingerprint density at radius 2 is 2.07 bits per heavy atom. The van der Waals surface area contributed by atoms with Crippen molar-refractivity contribution in [3.63, 3.8) is 0 Å². The summed E-state index contributed by atoms with van der Waals surface area (Å²) >= 11 is 0. The summed E-state index contributed by atoms with van der Waals surface area (Å²) in [5, 5.41) is 0. The summed E-state index contributed by atoms with van der Waals surface area (Å²) in [6.45, 7) is 6.98. The molecule has 2 aliphatic rings. The molecule has 0 aromatic rings. The second-order valence-electron chi connectivity index (χ2n) is 6.16. The minimum absolute atomic E-state index is 0.269. The number of rotatable bonds is 2. The van der Waals surface area contributed by atoms with Crippen molar-refractivity contribution in [1.29, 1.82) is 0 Å². The molecule has 2 saturated carbocycles. The van der Waals surface area contributed by atoms with E-state index in [4.69, 9.17) is 0 Å². The SMILES string of the molecule is CC1CCC[C@@]2(C)C1CCC2[C@H](C)C=O. The zero-order valence-corrected chi connectivity index (χ0v) is 10.3. The molecule has 0 aromatic heterocycles. The number of hydrogen-bond acceptors (Lipinski definition) is 1. The molecule has 2 rings (SSSR count). The lowest BCUT2D eigenvalue weighted by atomic mass is 9.60. The fourth-order valence-corrected chi connectivity index (χ4v) is 4.56. The lowest BCUT2D eigenvalue weighted by Gasteiger charge is -2.45. The van der Waals surface area contributed by atoms with Crippen molar-refractivity contribution in [3.8, 4) is 0 Å². The Morgan fingerprint density at radius 3 is 2.73 bits per heavy atom. The monoisotopic (exact) mass is 208 g/mol. The predicted octanol–water partition coefficient (Wildman–Crippen LogP) is 3.67. The first kappa shape index (κ1) is 11.2. The van der Waals surface area contributed by atoms with Gasteiger partial charge in [0, 0.05) is 5.92 Å². The highest BCUT2D eigenvalue weighted by molar-refractivity contribution is 5.53. The van der Waals surface area contributed by atoms with Crippen molar-refractivity contribution in [2.45, 2.75) is 52.9 Å². The Balaban J connectivity index is 2.20. The van der Waals surface area contributed by atoms with Gasteiger partial charge in [-0.2, -0.15) is 0 Å². The molecule has 2 fully saturated rings. The topological polar surface area (TPSA) is 17.1 Å². The van der Waals surface area contributed by atoms with Crippen molar-refractivity contribution >= 4 is 6.29 Å². The van der Waals surface area contributed by atoms with Crippen molar-refractivity contribution < 1.29 is 4.79 Å². The van der Waals surface area contributed by atoms with E-state index in [9.17, 15) is 4.79 Å². The number of carbonyl (C=O) groups is 1. The van der Waals surface area contributed by atoms with Gasteiger partial charge in [-0.3, -0.25) is 0 Å². The second-order valence-corrected chi connectivity index (χ2v) is 6.16. The third kappa shape index (κ3) is 1.64. The smallest absolute Gasteiger partial charge is 0.123 e. The van der Waals surface area contributed by atoms with E-state index in [1.54, 1.807) is 0 Å². The van der Waals surface area contributed by atoms with Crippen LogP contribution in [0.1, 0.15) is 52.9 Å². The molecule has 86 valence electrons. The molecule has 1 heteroatoms. The molecular weight excluding hydrogens is 184 g/mol. The zero-order valence-electron chi connectivity index (χ0n) is 10.3. The van der Waals surface area contributed by atoms with Crippen LogP contribution in [0.5, 0.6) is 0 Å². The summed E-state index contributed by atoms with van der Waals surface area (Å²) in [7, 11) is 0. The quantitative estimate of drug-likeness (QED) is 0.633. The van der Waals surface area contributed by atoms with Crippen LogP contribution >= 0.6 is 0 Å². The Hall–Kier alpha value is -0.330. The van der Waals surface area contributed by atoms with Crippen LogP contribution in [0.25, 0.3) is 0 Å². The van der Waals surface area contributed by atoms with Crippen LogP contribution in [-0.2, 0) is 4.79 Å². The molecule has 0 N–H and O–H groups in total. The molecule has 0 aromatic carbocycles. The standard InChI is InChI=1S/C14H24O/c1-10-5-4-8-14(3)12(10)6-7-13(14)11(2)9-15/h9-13H,4-8H2,1-3H3/t10?,11-,12?,13?,14+/m1/s1. The molecule has 0 aliphatic heterocycles. The maximum absolute atomic E-state index is 11.0. The molecule has 0 spiro atoms. The van der Waals surface area contributed by atoms with Crippen LogP contribution in [-0.4, -0.2) is 6.29 Å². The summed E-state index contributed by atoms with van der Waals surface area (Å²) in [4.78, 5) is 11.0. The maximum atomic E-state index is 11.0. The van der Waals surface area contributed by atoms with Gasteiger partial charge in [-0.15, -0.1) is 0 Å². The number of hydrogen-bond donors (Lipinski definition) is 0. The molecule has 1 nitrogen and oxygen atoms in total. The first-order valence-electron chi connectivity index (χ1n) is 6.55. The van der Waals surface area contributed by atoms with Crippen molar-refractivity contribution in [2.75, 3.05) is 0 Å². The summed E-state index contributed by atoms with van der Waals surface area (Å²) in [5.41, 5.74) is 0.470. The zero-order chi connectivity index (χ0) is 11.1. The Kier molecular flexibility index (Phi) is 2.92. The minimum Gasteiger partial charge on any atom is -0.303 e. The summed E-state index contributed by atoms with van der Waals surface area (Å²) in [5.74, 6) is 2.69. The van der Waals surface area contributed by atoms with Gasteiger partial charge in [0.2, 0.25) is 0 Å². The average molecular weight is 208 g/mol. The van der Waals surface area contributed by atoms with E-state index in [0.29, 0.717) is 11.3 Å². The van der Waals surface area contributed by atoms with Gasteiger partial charge < -0.3 is 4.79 Å². The lowest BCUT2D eigenvalue weighted by Crippen LogP contribution is -2.38. The van der Waals surface area contributed by atoms with Gasteiger partial charge in [0.25, 0.3) is 0 Å². The molecule has 0 heterocycles. The molecule has 5 atom stereocenters. The Labute approximate surface area is 93.6 Å². The van der Waals surface area contributed by atoms with Crippen LogP contribution in [0.15, 0.2) is 0 Å². The minimum atomic E-state index is 0.269. The molecule has 3 unspecified atom stereocenters. The summed E-state index contributed by atoms with van der Waals surface area (Å²) < 4.78 is 0. The van der Waals surface area contributed by atoms with Crippen LogP contribution in [0.3, 0.4) is 0 Å². The maximum Gasteiger partial charge on any atom is 0.123 e. The van der Waals surface area contributed by atoms with Crippen LogP contribution in [0.2, 0.25) is 0 Å². The van der Waals surface area contributed by atoms with Gasteiger partial charge in [-0.25, -0.2) is 0 Å². The number of fused-ring (bicyclic) bond motifs is 1. The van der Waals surface area contributed by atoms with Crippen LogP contribution in [0.4, 0.5) is 0 Å². The summed E-state index contributed by atoms with van der Waals surface area (Å²) in [6.07, 6.45) is 7.95. The Morgan fingerprint density at radius 1 is 1.33 bits per heavy atom. The normalized spacial score (nSPS) is 47.3. The molecule has 0 amide bonds. The van der Waals surface area contributed by atoms with Gasteiger partial charge in [0.05, 0.1) is 0 Å². The highest BCUT2D eigenvalue weighted by Gasteiger charge is 2.51. The van der Waals surface area contributed by atoms with Gasteiger partial charge in [0.15, 0.2) is 0 Å². The van der Waals surface area contributed by atoms with E-state index < -0.39 is 0 Å². The van der Waals surface area contributed by atoms with Crippen molar-refractivity contribution in [1.82, 2.24) is 0 Å². The van der Waals surface area contributed by atoms with E-state index >= 15 is 0 Å². The van der Waals surface area contributed by atoms with Crippen molar-refractivity contribution in [3.05, 3.63) is 0 Å². The van der Waals surface area contributed by atoms with Gasteiger partial charge in [-0.05, 0) is 42.4 Å². The molecule has 0 bridgehead atoms. The number of carbonyl (C=O) groups excluding carboxylic acids is 1. The highest BCUT2D eigenvalue weighted by Crippen LogP contribution is 2.59. The van der Waals surface area contributed by atoms with Crippen LogP contribution in [0, 0.1) is 29.1 Å². The first-order chi connectivity index (χ1) is 7.09. The molecule has 15 heavy (non-hydrogen) atoms. The van der Waals surface area contributed by atoms with E-state index in [0.717, 1.165) is 11.8 Å². The molecule has 0 saturated heterocycles. The van der Waals surface area contributed by atoms with E-state index in [1.165, 1.54) is 38.4 Å². The largest absolute Gasteiger partial charge is 0.303 e. The second kappa shape index (κ2) is 3.92. The number of aldehydes is 1. The fourth-order valence-electron chi connectivity index (χ4n) is 4.56. The summed E-state index contributed by atoms with van der Waals surface area (Å²) in [6, 6.07) is 0. The third-order valence-corrected chi connectivity index (χ3v) is 5.39.